The van der Waals surface area contributed by atoms with E-state index in [9.17, 15) is 9.18 Å². The molecule has 1 aromatic heterocycles. The highest BCUT2D eigenvalue weighted by atomic mass is 35.5. The van der Waals surface area contributed by atoms with Gasteiger partial charge in [0.25, 0.3) is 0 Å². The van der Waals surface area contributed by atoms with Crippen LogP contribution in [0, 0.1) is 5.82 Å². The van der Waals surface area contributed by atoms with Crippen molar-refractivity contribution in [2.24, 2.45) is 0 Å². The number of hydrogen-bond acceptors (Lipinski definition) is 3. The molecule has 1 aromatic carbocycles. The Balaban J connectivity index is 2.26. The number of halogens is 2. The van der Waals surface area contributed by atoms with E-state index in [1.54, 1.807) is 30.1 Å². The first kappa shape index (κ1) is 14.3. The van der Waals surface area contributed by atoms with Gasteiger partial charge in [-0.1, -0.05) is 29.8 Å². The van der Waals surface area contributed by atoms with Gasteiger partial charge in [0, 0.05) is 25.4 Å². The molecule has 4 nitrogen and oxygen atoms in total. The number of aromatic carboxylic acids is 1. The van der Waals surface area contributed by atoms with Gasteiger partial charge in [-0.15, -0.1) is 0 Å². The average Bonchev–Trinajstić information content (AvgIpc) is 2.41. The fourth-order valence-corrected chi connectivity index (χ4v) is 1.95. The van der Waals surface area contributed by atoms with E-state index in [1.807, 2.05) is 0 Å². The first-order chi connectivity index (χ1) is 9.49. The molecule has 0 aliphatic carbocycles. The van der Waals surface area contributed by atoms with Crippen molar-refractivity contribution >= 4 is 23.4 Å². The van der Waals surface area contributed by atoms with E-state index in [-0.39, 0.29) is 22.9 Å². The number of carboxylic acids is 1. The van der Waals surface area contributed by atoms with Crippen molar-refractivity contribution in [1.82, 2.24) is 4.98 Å². The van der Waals surface area contributed by atoms with Crippen molar-refractivity contribution in [2.45, 2.75) is 6.54 Å². The summed E-state index contributed by atoms with van der Waals surface area (Å²) in [4.78, 5) is 16.7. The molecule has 0 aliphatic rings. The third-order valence-corrected chi connectivity index (χ3v) is 3.13. The molecule has 0 aliphatic heterocycles. The number of carboxylic acid groups (broad SMARTS) is 1. The van der Waals surface area contributed by atoms with Crippen molar-refractivity contribution in [3.05, 3.63) is 58.5 Å². The van der Waals surface area contributed by atoms with Crippen LogP contribution in [-0.4, -0.2) is 23.1 Å². The minimum atomic E-state index is -1.13. The van der Waals surface area contributed by atoms with Crippen molar-refractivity contribution in [3.63, 3.8) is 0 Å². The number of pyridine rings is 1. The van der Waals surface area contributed by atoms with Gasteiger partial charge in [-0.25, -0.2) is 14.2 Å². The molecule has 0 fully saturated rings. The molecule has 2 rings (SSSR count). The topological polar surface area (TPSA) is 53.4 Å². The van der Waals surface area contributed by atoms with Crippen LogP contribution >= 0.6 is 11.6 Å². The second-order valence-electron chi connectivity index (χ2n) is 4.27. The zero-order valence-corrected chi connectivity index (χ0v) is 11.4. The summed E-state index contributed by atoms with van der Waals surface area (Å²) in [6.07, 6.45) is 1.28. The lowest BCUT2D eigenvalue weighted by Gasteiger charge is -2.19. The number of carbonyl (C=O) groups is 1. The Morgan fingerprint density at radius 3 is 2.80 bits per heavy atom. The minimum Gasteiger partial charge on any atom is -0.478 e. The Hall–Kier alpha value is -2.14. The molecule has 104 valence electrons. The predicted molar refractivity (Wildman–Crippen MR) is 74.7 cm³/mol. The van der Waals surface area contributed by atoms with Gasteiger partial charge in [-0.3, -0.25) is 0 Å². The van der Waals surface area contributed by atoms with E-state index in [1.165, 1.54) is 18.3 Å². The van der Waals surface area contributed by atoms with Gasteiger partial charge < -0.3 is 10.0 Å². The number of aromatic nitrogens is 1. The smallest absolute Gasteiger partial charge is 0.337 e. The molecule has 0 radical (unpaired) electrons. The minimum absolute atomic E-state index is 0.0305. The number of benzene rings is 1. The Labute approximate surface area is 120 Å². The molecule has 6 heteroatoms. The van der Waals surface area contributed by atoms with Crippen LogP contribution in [0.25, 0.3) is 0 Å². The maximum Gasteiger partial charge on any atom is 0.337 e. The van der Waals surface area contributed by atoms with Gasteiger partial charge in [-0.05, 0) is 12.1 Å². The van der Waals surface area contributed by atoms with Crippen LogP contribution in [0.4, 0.5) is 10.2 Å². The summed E-state index contributed by atoms with van der Waals surface area (Å²) >= 11 is 5.76. The highest BCUT2D eigenvalue weighted by Crippen LogP contribution is 2.21. The first-order valence-electron chi connectivity index (χ1n) is 5.82. The lowest BCUT2D eigenvalue weighted by Crippen LogP contribution is -2.19. The van der Waals surface area contributed by atoms with Gasteiger partial charge in [0.05, 0.1) is 10.6 Å². The maximum atomic E-state index is 13.6. The highest BCUT2D eigenvalue weighted by Gasteiger charge is 2.13. The number of rotatable bonds is 4. The van der Waals surface area contributed by atoms with Crippen LogP contribution in [0.15, 0.2) is 36.5 Å². The third-order valence-electron chi connectivity index (χ3n) is 2.83. The van der Waals surface area contributed by atoms with Crippen LogP contribution in [0.5, 0.6) is 0 Å². The standard InChI is InChI=1S/C14H12ClFN2O2/c1-18(8-9-4-2-3-5-12(9)16)13-6-10(14(19)20)11(15)7-17-13/h2-7H,8H2,1H3,(H,19,20). The molecule has 0 amide bonds. The van der Waals surface area contributed by atoms with E-state index in [0.717, 1.165) is 0 Å². The van der Waals surface area contributed by atoms with Gasteiger partial charge in [0.1, 0.15) is 11.6 Å². The second kappa shape index (κ2) is 5.88. The molecule has 2 aromatic rings. The molecule has 0 saturated heterocycles. The zero-order valence-electron chi connectivity index (χ0n) is 10.7. The Morgan fingerprint density at radius 2 is 2.15 bits per heavy atom. The monoisotopic (exact) mass is 294 g/mol. The van der Waals surface area contributed by atoms with Crippen LogP contribution in [-0.2, 0) is 6.54 Å². The maximum absolute atomic E-state index is 13.6. The second-order valence-corrected chi connectivity index (χ2v) is 4.68. The van der Waals surface area contributed by atoms with Gasteiger partial charge >= 0.3 is 5.97 Å². The summed E-state index contributed by atoms with van der Waals surface area (Å²) in [7, 11) is 1.70. The summed E-state index contributed by atoms with van der Waals surface area (Å²) in [5, 5.41) is 9.08. The van der Waals surface area contributed by atoms with E-state index in [0.29, 0.717) is 11.4 Å². The van der Waals surface area contributed by atoms with Crippen LogP contribution in [0.2, 0.25) is 5.02 Å². The van der Waals surface area contributed by atoms with E-state index in [4.69, 9.17) is 16.7 Å². The Bertz CT molecular complexity index is 649. The van der Waals surface area contributed by atoms with Crippen LogP contribution in [0.3, 0.4) is 0 Å². The molecule has 0 bridgehead atoms. The predicted octanol–water partition coefficient (Wildman–Crippen LogP) is 3.21. The van der Waals surface area contributed by atoms with E-state index in [2.05, 4.69) is 4.98 Å². The molecule has 1 N–H and O–H groups in total. The number of hydrogen-bond donors (Lipinski definition) is 1. The molecule has 0 saturated carbocycles. The van der Waals surface area contributed by atoms with Gasteiger partial charge in [-0.2, -0.15) is 0 Å². The average molecular weight is 295 g/mol. The van der Waals surface area contributed by atoms with Crippen LogP contribution in [0.1, 0.15) is 15.9 Å². The molecule has 1 heterocycles. The molecule has 20 heavy (non-hydrogen) atoms. The highest BCUT2D eigenvalue weighted by molar-refractivity contribution is 6.33. The summed E-state index contributed by atoms with van der Waals surface area (Å²) < 4.78 is 13.6. The molecule has 0 atom stereocenters. The Kier molecular flexibility index (Phi) is 4.20. The SMILES string of the molecule is CN(Cc1ccccc1F)c1cc(C(=O)O)c(Cl)cn1. The Morgan fingerprint density at radius 1 is 1.45 bits per heavy atom. The summed E-state index contributed by atoms with van der Waals surface area (Å²) in [6, 6.07) is 7.76. The fraction of sp³-hybridized carbons (Fsp3) is 0.143. The van der Waals surface area contributed by atoms with Gasteiger partial charge in [0.2, 0.25) is 0 Å². The van der Waals surface area contributed by atoms with Crippen molar-refractivity contribution < 1.29 is 14.3 Å². The zero-order chi connectivity index (χ0) is 14.7. The lowest BCUT2D eigenvalue weighted by molar-refractivity contribution is 0.0697. The van der Waals surface area contributed by atoms with Crippen molar-refractivity contribution in [3.8, 4) is 0 Å². The van der Waals surface area contributed by atoms with Gasteiger partial charge in [0.15, 0.2) is 0 Å². The molecular formula is C14H12ClFN2O2. The largest absolute Gasteiger partial charge is 0.478 e. The van der Waals surface area contributed by atoms with Crippen molar-refractivity contribution in [1.29, 1.82) is 0 Å². The third kappa shape index (κ3) is 3.05. The van der Waals surface area contributed by atoms with Crippen LogP contribution < -0.4 is 4.90 Å². The fourth-order valence-electron chi connectivity index (χ4n) is 1.76. The molecule has 0 spiro atoms. The summed E-state index contributed by atoms with van der Waals surface area (Å²) in [6.45, 7) is 0.278. The quantitative estimate of drug-likeness (QED) is 0.941. The van der Waals surface area contributed by atoms with E-state index >= 15 is 0 Å². The molecule has 0 unspecified atom stereocenters. The first-order valence-corrected chi connectivity index (χ1v) is 6.20. The number of nitrogens with zero attached hydrogens (tertiary/aromatic N) is 2. The molecular weight excluding hydrogens is 283 g/mol. The normalized spacial score (nSPS) is 10.3. The van der Waals surface area contributed by atoms with E-state index < -0.39 is 5.97 Å². The summed E-state index contributed by atoms with van der Waals surface area (Å²) in [5.41, 5.74) is 0.473. The van der Waals surface area contributed by atoms with Crippen molar-refractivity contribution in [2.75, 3.05) is 11.9 Å². The number of anilines is 1. The summed E-state index contributed by atoms with van der Waals surface area (Å²) in [5.74, 6) is -1.03. The lowest BCUT2D eigenvalue weighted by atomic mass is 10.2.